The Morgan fingerprint density at radius 2 is 1.90 bits per heavy atom. The largest absolute Gasteiger partial charge is 0.544 e. The lowest BCUT2D eigenvalue weighted by molar-refractivity contribution is -0.443. The van der Waals surface area contributed by atoms with E-state index in [-0.39, 0.29) is 0 Å². The highest BCUT2D eigenvalue weighted by Gasteiger charge is 2.14. The highest BCUT2D eigenvalue weighted by atomic mass is 16.5. The van der Waals surface area contributed by atoms with Crippen LogP contribution in [0.5, 0.6) is 11.5 Å². The summed E-state index contributed by atoms with van der Waals surface area (Å²) < 4.78 is 10.9. The smallest absolute Gasteiger partial charge is 0.161 e. The van der Waals surface area contributed by atoms with E-state index in [0.717, 1.165) is 5.56 Å². The van der Waals surface area contributed by atoms with Crippen molar-refractivity contribution in [2.45, 2.75) is 12.6 Å². The highest BCUT2D eigenvalue weighted by Crippen LogP contribution is 2.30. The molecule has 0 spiro atoms. The van der Waals surface area contributed by atoms with E-state index in [1.807, 2.05) is 30.3 Å². The topological polar surface area (TPSA) is 86.2 Å². The summed E-state index contributed by atoms with van der Waals surface area (Å²) >= 11 is 0. The second-order valence-corrected chi connectivity index (χ2v) is 4.56. The lowest BCUT2D eigenvalue weighted by atomic mass is 10.1. The van der Waals surface area contributed by atoms with Crippen molar-refractivity contribution in [3.05, 3.63) is 59.7 Å². The fourth-order valence-corrected chi connectivity index (χ4v) is 1.89. The standard InChI is InChI=1S/C16H17NO4/c1-20-14-9-12(15(17)16(18)19)7-8-13(14)21-10-11-5-3-2-4-6-11/h2-9,15H,10,17H2,1H3,(H,18,19)/t15-/m1/s1. The molecular formula is C16H17NO4. The number of rotatable bonds is 6. The van der Waals surface area contributed by atoms with Gasteiger partial charge in [0.15, 0.2) is 17.5 Å². The van der Waals surface area contributed by atoms with Crippen molar-refractivity contribution in [2.24, 2.45) is 0 Å². The number of carboxylic acid groups (broad SMARTS) is 1. The first-order chi connectivity index (χ1) is 10.1. The average Bonchev–Trinajstić information content (AvgIpc) is 2.53. The normalized spacial score (nSPS) is 11.7. The van der Waals surface area contributed by atoms with Crippen LogP contribution in [-0.2, 0) is 11.4 Å². The summed E-state index contributed by atoms with van der Waals surface area (Å²) in [6.45, 7) is 0.408. The zero-order chi connectivity index (χ0) is 15.2. The number of ether oxygens (including phenoxy) is 2. The maximum absolute atomic E-state index is 10.8. The Balaban J connectivity index is 2.15. The molecular weight excluding hydrogens is 270 g/mol. The van der Waals surface area contributed by atoms with Crippen LogP contribution >= 0.6 is 0 Å². The molecule has 0 fully saturated rings. The number of carbonyl (C=O) groups excluding carboxylic acids is 1. The predicted molar refractivity (Wildman–Crippen MR) is 74.4 cm³/mol. The number of aliphatic carboxylic acids is 1. The quantitative estimate of drug-likeness (QED) is 0.828. The Hall–Kier alpha value is -2.53. The predicted octanol–water partition coefficient (Wildman–Crippen LogP) is 0.307. The van der Waals surface area contributed by atoms with E-state index in [9.17, 15) is 9.90 Å². The molecule has 0 heterocycles. The van der Waals surface area contributed by atoms with Gasteiger partial charge in [0.25, 0.3) is 0 Å². The monoisotopic (exact) mass is 287 g/mol. The van der Waals surface area contributed by atoms with Gasteiger partial charge in [0.05, 0.1) is 7.11 Å². The molecule has 2 rings (SSSR count). The molecule has 2 aromatic carbocycles. The molecule has 0 aliphatic heterocycles. The Kier molecular flexibility index (Phi) is 4.79. The van der Waals surface area contributed by atoms with Crippen LogP contribution in [0.1, 0.15) is 17.2 Å². The van der Waals surface area contributed by atoms with Crippen LogP contribution in [0.15, 0.2) is 48.5 Å². The first-order valence-electron chi connectivity index (χ1n) is 6.50. The molecule has 0 aliphatic rings. The molecule has 5 heteroatoms. The van der Waals surface area contributed by atoms with Crippen LogP contribution in [0, 0.1) is 0 Å². The third-order valence-corrected chi connectivity index (χ3v) is 3.11. The summed E-state index contributed by atoms with van der Waals surface area (Å²) in [4.78, 5) is 10.8. The maximum Gasteiger partial charge on any atom is 0.161 e. The van der Waals surface area contributed by atoms with Crippen LogP contribution in [0.4, 0.5) is 0 Å². The lowest BCUT2D eigenvalue weighted by Gasteiger charge is -2.14. The number of methoxy groups -OCH3 is 1. The minimum Gasteiger partial charge on any atom is -0.544 e. The van der Waals surface area contributed by atoms with Gasteiger partial charge in [-0.05, 0) is 23.8 Å². The average molecular weight is 287 g/mol. The van der Waals surface area contributed by atoms with Gasteiger partial charge in [-0.25, -0.2) is 0 Å². The number of carboxylic acids is 1. The molecule has 1 atom stereocenters. The van der Waals surface area contributed by atoms with E-state index in [2.05, 4.69) is 5.73 Å². The van der Waals surface area contributed by atoms with Crippen LogP contribution in [0.2, 0.25) is 0 Å². The molecule has 21 heavy (non-hydrogen) atoms. The molecule has 0 radical (unpaired) electrons. The number of hydrogen-bond acceptors (Lipinski definition) is 4. The van der Waals surface area contributed by atoms with Gasteiger partial charge in [0.1, 0.15) is 12.6 Å². The van der Waals surface area contributed by atoms with Crippen molar-refractivity contribution in [3.8, 4) is 11.5 Å². The van der Waals surface area contributed by atoms with Gasteiger partial charge >= 0.3 is 0 Å². The van der Waals surface area contributed by atoms with Crippen LogP contribution < -0.4 is 20.3 Å². The van der Waals surface area contributed by atoms with E-state index in [0.29, 0.717) is 23.7 Å². The minimum atomic E-state index is -1.23. The van der Waals surface area contributed by atoms with Crippen LogP contribution in [0.25, 0.3) is 0 Å². The molecule has 110 valence electrons. The zero-order valence-electron chi connectivity index (χ0n) is 11.7. The summed E-state index contributed by atoms with van der Waals surface area (Å²) in [6.07, 6.45) is 0. The van der Waals surface area contributed by atoms with Crippen molar-refractivity contribution in [2.75, 3.05) is 7.11 Å². The van der Waals surface area contributed by atoms with E-state index in [1.54, 1.807) is 18.2 Å². The molecule has 0 saturated heterocycles. The van der Waals surface area contributed by atoms with E-state index in [4.69, 9.17) is 9.47 Å². The third kappa shape index (κ3) is 3.73. The summed E-state index contributed by atoms with van der Waals surface area (Å²) in [5.74, 6) is -0.205. The summed E-state index contributed by atoms with van der Waals surface area (Å²) in [7, 11) is 1.51. The van der Waals surface area contributed by atoms with Crippen molar-refractivity contribution in [3.63, 3.8) is 0 Å². The summed E-state index contributed by atoms with van der Waals surface area (Å²) in [6, 6.07) is 13.7. The van der Waals surface area contributed by atoms with Gasteiger partial charge in [-0.3, -0.25) is 0 Å². The number of carbonyl (C=O) groups is 1. The van der Waals surface area contributed by atoms with E-state index >= 15 is 0 Å². The van der Waals surface area contributed by atoms with Gasteiger partial charge in [-0.15, -0.1) is 0 Å². The Labute approximate surface area is 122 Å². The second kappa shape index (κ2) is 6.76. The molecule has 0 unspecified atom stereocenters. The first kappa shape index (κ1) is 14.9. The summed E-state index contributed by atoms with van der Waals surface area (Å²) in [5.41, 5.74) is 5.10. The van der Waals surface area contributed by atoms with Crippen molar-refractivity contribution in [1.82, 2.24) is 0 Å². The minimum absolute atomic E-state index is 0.408. The van der Waals surface area contributed by atoms with Crippen LogP contribution in [0.3, 0.4) is 0 Å². The van der Waals surface area contributed by atoms with E-state index in [1.165, 1.54) is 7.11 Å². The SMILES string of the molecule is COc1cc([C@@H]([NH3+])C(=O)[O-])ccc1OCc1ccccc1. The number of hydrogen-bond donors (Lipinski definition) is 1. The number of benzene rings is 2. The fraction of sp³-hybridized carbons (Fsp3) is 0.188. The van der Waals surface area contributed by atoms with Gasteiger partial charge in [-0.1, -0.05) is 30.3 Å². The lowest BCUT2D eigenvalue weighted by Crippen LogP contribution is -2.61. The van der Waals surface area contributed by atoms with Gasteiger partial charge in [0, 0.05) is 5.56 Å². The third-order valence-electron chi connectivity index (χ3n) is 3.11. The summed E-state index contributed by atoms with van der Waals surface area (Å²) in [5, 5.41) is 10.8. The van der Waals surface area contributed by atoms with Gasteiger partial charge < -0.3 is 25.1 Å². The highest BCUT2D eigenvalue weighted by molar-refractivity contribution is 5.72. The molecule has 0 saturated carbocycles. The van der Waals surface area contributed by atoms with Crippen molar-refractivity contribution < 1.29 is 25.1 Å². The molecule has 3 N–H and O–H groups in total. The molecule has 0 aliphatic carbocycles. The van der Waals surface area contributed by atoms with Crippen molar-refractivity contribution in [1.29, 1.82) is 0 Å². The zero-order valence-corrected chi connectivity index (χ0v) is 11.7. The molecule has 0 aromatic heterocycles. The van der Waals surface area contributed by atoms with Crippen LogP contribution in [-0.4, -0.2) is 13.1 Å². The Morgan fingerprint density at radius 3 is 2.52 bits per heavy atom. The number of quaternary nitrogens is 1. The van der Waals surface area contributed by atoms with Gasteiger partial charge in [-0.2, -0.15) is 0 Å². The van der Waals surface area contributed by atoms with E-state index < -0.39 is 12.0 Å². The van der Waals surface area contributed by atoms with Gasteiger partial charge in [0.2, 0.25) is 0 Å². The Bertz CT molecular complexity index is 613. The van der Waals surface area contributed by atoms with Crippen molar-refractivity contribution >= 4 is 5.97 Å². The molecule has 0 bridgehead atoms. The molecule has 2 aromatic rings. The maximum atomic E-state index is 10.8. The Morgan fingerprint density at radius 1 is 1.19 bits per heavy atom. The first-order valence-corrected chi connectivity index (χ1v) is 6.50. The second-order valence-electron chi connectivity index (χ2n) is 4.56. The fourth-order valence-electron chi connectivity index (χ4n) is 1.89. The molecule has 5 nitrogen and oxygen atoms in total. The molecule has 0 amide bonds.